The number of fused-ring (bicyclic) bond motifs is 19. The Morgan fingerprint density at radius 1 is 0.500 bits per heavy atom. The third-order valence-corrected chi connectivity index (χ3v) is 17.5. The van der Waals surface area contributed by atoms with Crippen LogP contribution in [-0.4, -0.2) is 14.1 Å². The van der Waals surface area contributed by atoms with Crippen molar-refractivity contribution in [1.29, 1.82) is 0 Å². The van der Waals surface area contributed by atoms with E-state index >= 15 is 0 Å². The monoisotopic (exact) mass is 1210 g/mol. The van der Waals surface area contributed by atoms with Gasteiger partial charge in [-0.05, 0) is 85.5 Å². The molecule has 10 aromatic carbocycles. The van der Waals surface area contributed by atoms with Gasteiger partial charge >= 0.3 is 0 Å². The summed E-state index contributed by atoms with van der Waals surface area (Å²) in [6.45, 7) is 13.7. The SMILES string of the molecule is CC(C)(C)c1ccnc(-n2c3[c-]c(Oc4[c-]c5c(cc4)C(C)(C)c4ccc6c7c4N5[CH-]N7c4c(-c5ccccc5)cccc4-c4ccccc4-6)ccc3c3c4c(ccc32)-n2c3ccccc3c3cccc(c32)-c2ccccc2-4)c1.[Pt]. The predicted molar refractivity (Wildman–Crippen MR) is 324 cm³/mol. The Morgan fingerprint density at radius 3 is 1.96 bits per heavy atom. The predicted octanol–water partition coefficient (Wildman–Crippen LogP) is 19.0. The minimum absolute atomic E-state index is 0. The molecule has 7 heteroatoms. The van der Waals surface area contributed by atoms with Crippen molar-refractivity contribution in [3.63, 3.8) is 0 Å². The summed E-state index contributed by atoms with van der Waals surface area (Å²) in [6.07, 6.45) is 1.95. The minimum atomic E-state index is -0.347. The molecule has 4 aliphatic heterocycles. The quantitative estimate of drug-likeness (QED) is 0.165. The van der Waals surface area contributed by atoms with E-state index in [0.717, 1.165) is 44.7 Å². The van der Waals surface area contributed by atoms with Gasteiger partial charge in [-0.15, -0.1) is 41.9 Å². The van der Waals surface area contributed by atoms with Gasteiger partial charge in [-0.2, -0.15) is 12.1 Å². The first-order chi connectivity index (χ1) is 38.6. The summed E-state index contributed by atoms with van der Waals surface area (Å²) < 4.78 is 11.9. The van der Waals surface area contributed by atoms with E-state index in [1.165, 1.54) is 106 Å². The molecule has 3 aromatic heterocycles. The van der Waals surface area contributed by atoms with Crippen LogP contribution in [0.2, 0.25) is 0 Å². The molecule has 0 radical (unpaired) electrons. The van der Waals surface area contributed by atoms with E-state index in [0.29, 0.717) is 11.5 Å². The van der Waals surface area contributed by atoms with Gasteiger partial charge < -0.3 is 23.7 Å². The van der Waals surface area contributed by atoms with E-state index in [4.69, 9.17) is 9.72 Å². The van der Waals surface area contributed by atoms with Crippen LogP contribution in [-0.2, 0) is 31.9 Å². The van der Waals surface area contributed by atoms with Crippen molar-refractivity contribution in [2.75, 3.05) is 9.80 Å². The van der Waals surface area contributed by atoms with Crippen LogP contribution < -0.4 is 14.5 Å². The Hall–Kier alpha value is -8.96. The van der Waals surface area contributed by atoms with Gasteiger partial charge in [0.05, 0.1) is 16.7 Å². The van der Waals surface area contributed by atoms with Crippen LogP contribution >= 0.6 is 0 Å². The van der Waals surface area contributed by atoms with Crippen LogP contribution in [0, 0.1) is 18.8 Å². The Balaban J connectivity index is 0.00000531. The van der Waals surface area contributed by atoms with Crippen LogP contribution in [0.4, 0.5) is 22.7 Å². The number of nitrogens with zero attached hydrogens (tertiary/aromatic N) is 5. The van der Waals surface area contributed by atoms with Crippen molar-refractivity contribution < 1.29 is 25.8 Å². The topological polar surface area (TPSA) is 38.5 Å². The van der Waals surface area contributed by atoms with Gasteiger partial charge in [0.25, 0.3) is 0 Å². The van der Waals surface area contributed by atoms with E-state index < -0.39 is 0 Å². The van der Waals surface area contributed by atoms with Crippen LogP contribution in [0.1, 0.15) is 51.3 Å². The maximum atomic E-state index is 7.08. The van der Waals surface area contributed by atoms with Gasteiger partial charge in [0, 0.05) is 99.9 Å². The number of hydrogen-bond acceptors (Lipinski definition) is 4. The number of ether oxygens (including phenoxy) is 1. The maximum Gasteiger partial charge on any atom is 0.135 e. The molecule has 0 saturated carbocycles. The van der Waals surface area contributed by atoms with Crippen molar-refractivity contribution in [2.45, 2.75) is 45.4 Å². The summed E-state index contributed by atoms with van der Waals surface area (Å²) in [5.74, 6) is 2.04. The molecule has 17 rings (SSSR count). The molecule has 13 aromatic rings. The Bertz CT molecular complexity index is 4830. The summed E-state index contributed by atoms with van der Waals surface area (Å²) in [6, 6.07) is 80.9. The van der Waals surface area contributed by atoms with Crippen molar-refractivity contribution in [3.8, 4) is 78.6 Å². The number of benzene rings is 10. The van der Waals surface area contributed by atoms with Crippen LogP contribution in [0.5, 0.6) is 11.5 Å². The van der Waals surface area contributed by atoms with Gasteiger partial charge in [-0.25, -0.2) is 4.98 Å². The average Bonchev–Trinajstić information content (AvgIpc) is 3.29. The zero-order chi connectivity index (χ0) is 52.6. The number of anilines is 4. The van der Waals surface area contributed by atoms with E-state index in [2.05, 4.69) is 273 Å². The molecule has 0 fully saturated rings. The van der Waals surface area contributed by atoms with Gasteiger partial charge in [0.2, 0.25) is 0 Å². The number of rotatable bonds is 4. The molecule has 0 bridgehead atoms. The van der Waals surface area contributed by atoms with Crippen molar-refractivity contribution in [1.82, 2.24) is 14.1 Å². The third kappa shape index (κ3) is 6.37. The largest absolute Gasteiger partial charge is 0.509 e. The fourth-order valence-corrected chi connectivity index (χ4v) is 13.9. The van der Waals surface area contributed by atoms with E-state index in [1.54, 1.807) is 0 Å². The van der Waals surface area contributed by atoms with E-state index in [1.807, 2.05) is 6.20 Å². The molecule has 0 aliphatic carbocycles. The van der Waals surface area contributed by atoms with Gasteiger partial charge in [0.1, 0.15) is 5.82 Å². The normalized spacial score (nSPS) is 14.0. The molecule has 386 valence electrons. The molecular weight excluding hydrogens is 1160 g/mol. The zero-order valence-corrected chi connectivity index (χ0v) is 46.9. The molecule has 0 spiro atoms. The fraction of sp³-hybridized carbons (Fsp3) is 0.0959. The van der Waals surface area contributed by atoms with Crippen molar-refractivity contribution in [3.05, 3.63) is 242 Å². The molecule has 0 amide bonds. The Morgan fingerprint density at radius 2 is 1.15 bits per heavy atom. The second kappa shape index (κ2) is 16.8. The summed E-state index contributed by atoms with van der Waals surface area (Å²) >= 11 is 0. The second-order valence-electron chi connectivity index (χ2n) is 23.2. The van der Waals surface area contributed by atoms with Crippen LogP contribution in [0.25, 0.3) is 111 Å². The number of para-hydroxylation sites is 3. The summed E-state index contributed by atoms with van der Waals surface area (Å²) in [7, 11) is 0. The van der Waals surface area contributed by atoms with E-state index in [9.17, 15) is 0 Å². The third-order valence-electron chi connectivity index (χ3n) is 17.5. The first-order valence-corrected chi connectivity index (χ1v) is 27.4. The first-order valence-electron chi connectivity index (χ1n) is 27.4. The molecule has 6 nitrogen and oxygen atoms in total. The van der Waals surface area contributed by atoms with Gasteiger partial charge in [-0.3, -0.25) is 0 Å². The van der Waals surface area contributed by atoms with Crippen LogP contribution in [0.3, 0.4) is 0 Å². The second-order valence-corrected chi connectivity index (χ2v) is 23.2. The standard InChI is InChI=1S/C73H50N5O.Pt/c1-72(2,3)44-37-38-74-65(39-44)77-61-35-36-62-66(52-23-12-11-21-50(52)54-26-16-27-55-51-22-13-14-28-60(51)78(62)69(54)55)67(61)57-31-29-45(40-63(57)77)79-46-30-33-58-64(41-46)75-42-76-68-47(43-17-7-6-8-18-43)24-15-25-53(68)48-19-9-10-20-49(48)56-32-34-59(73(58,4)5)71(75)70(56)76;/h6-39,42H,1-5H3;/q-3;. The molecule has 7 heterocycles. The van der Waals surface area contributed by atoms with Gasteiger partial charge in [0.15, 0.2) is 0 Å². The molecule has 0 N–H and O–H groups in total. The molecule has 0 unspecified atom stereocenters. The summed E-state index contributed by atoms with van der Waals surface area (Å²) in [4.78, 5) is 9.95. The Labute approximate surface area is 479 Å². The number of pyridine rings is 1. The Kier molecular flexibility index (Phi) is 9.87. The minimum Gasteiger partial charge on any atom is -0.509 e. The van der Waals surface area contributed by atoms with Crippen molar-refractivity contribution in [2.24, 2.45) is 0 Å². The first kappa shape index (κ1) is 47.1. The summed E-state index contributed by atoms with van der Waals surface area (Å²) in [5, 5.41) is 4.69. The van der Waals surface area contributed by atoms with E-state index in [-0.39, 0.29) is 31.9 Å². The molecular formula is C73H50N5OPt-3. The fourth-order valence-electron chi connectivity index (χ4n) is 13.9. The number of hydrogen-bond donors (Lipinski definition) is 0. The van der Waals surface area contributed by atoms with Gasteiger partial charge in [-0.1, -0.05) is 191 Å². The van der Waals surface area contributed by atoms with Crippen LogP contribution in [0.15, 0.2) is 206 Å². The smallest absolute Gasteiger partial charge is 0.135 e. The van der Waals surface area contributed by atoms with Crippen molar-refractivity contribution >= 4 is 66.4 Å². The molecule has 80 heavy (non-hydrogen) atoms. The molecule has 0 atom stereocenters. The molecule has 0 saturated heterocycles. The average molecular weight is 1210 g/mol. The number of aromatic nitrogens is 3. The summed E-state index contributed by atoms with van der Waals surface area (Å²) in [5.41, 5.74) is 25.2. The maximum absolute atomic E-state index is 7.08. The zero-order valence-electron chi connectivity index (χ0n) is 44.7. The molecule has 4 aliphatic rings.